The highest BCUT2D eigenvalue weighted by molar-refractivity contribution is 5.40. The summed E-state index contributed by atoms with van der Waals surface area (Å²) in [5.41, 5.74) is -0.0370. The van der Waals surface area contributed by atoms with Crippen LogP contribution in [0.4, 0.5) is 13.2 Å². The fraction of sp³-hybridized carbons (Fsp3) is 0.368. The molecule has 0 amide bonds. The third-order valence-corrected chi connectivity index (χ3v) is 4.21. The van der Waals surface area contributed by atoms with Crippen LogP contribution >= 0.6 is 0 Å². The topological polar surface area (TPSA) is 30.9 Å². The van der Waals surface area contributed by atoms with Crippen molar-refractivity contribution in [3.05, 3.63) is 59.7 Å². The first-order valence-electron chi connectivity index (χ1n) is 8.27. The fourth-order valence-electron chi connectivity index (χ4n) is 2.84. The molecule has 0 aliphatic carbocycles. The summed E-state index contributed by atoms with van der Waals surface area (Å²) in [5.74, 6) is 1.10. The second-order valence-corrected chi connectivity index (χ2v) is 5.89. The first-order chi connectivity index (χ1) is 12.5. The highest BCUT2D eigenvalue weighted by Gasteiger charge is 2.31. The van der Waals surface area contributed by atoms with E-state index in [1.54, 1.807) is 19.2 Å². The maximum atomic E-state index is 12.8. The Labute approximate surface area is 150 Å². The minimum Gasteiger partial charge on any atom is -0.493 e. The van der Waals surface area contributed by atoms with Crippen LogP contribution in [-0.2, 0) is 10.9 Å². The monoisotopic (exact) mass is 367 g/mol. The Morgan fingerprint density at radius 2 is 1.58 bits per heavy atom. The number of methoxy groups -OCH3 is 1. The van der Waals surface area contributed by atoms with Gasteiger partial charge in [-0.15, -0.1) is 0 Å². The van der Waals surface area contributed by atoms with E-state index in [9.17, 15) is 13.2 Å². The van der Waals surface area contributed by atoms with Crippen LogP contribution in [0.5, 0.6) is 11.5 Å². The zero-order valence-corrected chi connectivity index (χ0v) is 14.3. The Kier molecular flexibility index (Phi) is 5.68. The molecule has 0 saturated carbocycles. The molecule has 7 heteroatoms. The molecule has 1 fully saturated rings. The predicted octanol–water partition coefficient (Wildman–Crippen LogP) is 4.12. The SMILES string of the molecule is COc1ccccc1OC(c1ccc(C(F)(F)F)cc1)N1CCOCC1. The third-order valence-electron chi connectivity index (χ3n) is 4.21. The number of rotatable bonds is 5. The number of para-hydroxylation sites is 2. The van der Waals surface area contributed by atoms with Gasteiger partial charge in [0, 0.05) is 18.7 Å². The first-order valence-corrected chi connectivity index (χ1v) is 8.27. The Bertz CT molecular complexity index is 713. The van der Waals surface area contributed by atoms with Crippen LogP contribution in [0, 0.1) is 0 Å². The molecule has 0 radical (unpaired) electrons. The summed E-state index contributed by atoms with van der Waals surface area (Å²) in [7, 11) is 1.55. The second-order valence-electron chi connectivity index (χ2n) is 5.89. The molecule has 2 aromatic rings. The molecule has 3 rings (SSSR count). The van der Waals surface area contributed by atoms with Crippen molar-refractivity contribution in [2.45, 2.75) is 12.4 Å². The van der Waals surface area contributed by atoms with E-state index in [2.05, 4.69) is 0 Å². The highest BCUT2D eigenvalue weighted by Crippen LogP contribution is 2.34. The smallest absolute Gasteiger partial charge is 0.416 e. The average molecular weight is 367 g/mol. The van der Waals surface area contributed by atoms with Crippen molar-refractivity contribution in [3.63, 3.8) is 0 Å². The molecule has 0 bridgehead atoms. The Morgan fingerprint density at radius 3 is 2.15 bits per heavy atom. The van der Waals surface area contributed by atoms with Crippen molar-refractivity contribution in [2.24, 2.45) is 0 Å². The number of alkyl halides is 3. The van der Waals surface area contributed by atoms with Gasteiger partial charge in [-0.25, -0.2) is 0 Å². The van der Waals surface area contributed by atoms with Gasteiger partial charge in [0.15, 0.2) is 17.7 Å². The maximum Gasteiger partial charge on any atom is 0.416 e. The van der Waals surface area contributed by atoms with Crippen LogP contribution in [-0.4, -0.2) is 38.3 Å². The molecule has 0 aromatic heterocycles. The normalized spacial score (nSPS) is 16.9. The molecule has 26 heavy (non-hydrogen) atoms. The van der Waals surface area contributed by atoms with Crippen molar-refractivity contribution in [1.29, 1.82) is 0 Å². The highest BCUT2D eigenvalue weighted by atomic mass is 19.4. The quantitative estimate of drug-likeness (QED) is 0.795. The number of nitrogens with zero attached hydrogens (tertiary/aromatic N) is 1. The third kappa shape index (κ3) is 4.28. The maximum absolute atomic E-state index is 12.8. The minimum absolute atomic E-state index is 0.530. The van der Waals surface area contributed by atoms with Crippen LogP contribution in [0.1, 0.15) is 17.4 Å². The van der Waals surface area contributed by atoms with E-state index >= 15 is 0 Å². The molecular formula is C19H20F3NO3. The van der Waals surface area contributed by atoms with E-state index in [0.29, 0.717) is 43.4 Å². The van der Waals surface area contributed by atoms with Crippen molar-refractivity contribution in [3.8, 4) is 11.5 Å². The first kappa shape index (κ1) is 18.5. The van der Waals surface area contributed by atoms with E-state index in [1.165, 1.54) is 12.1 Å². The number of ether oxygens (including phenoxy) is 3. The lowest BCUT2D eigenvalue weighted by Crippen LogP contribution is -2.41. The largest absolute Gasteiger partial charge is 0.493 e. The van der Waals surface area contributed by atoms with Gasteiger partial charge >= 0.3 is 6.18 Å². The van der Waals surface area contributed by atoms with Crippen molar-refractivity contribution in [2.75, 3.05) is 33.4 Å². The van der Waals surface area contributed by atoms with Gasteiger partial charge in [0.1, 0.15) is 0 Å². The lowest BCUT2D eigenvalue weighted by atomic mass is 10.1. The van der Waals surface area contributed by atoms with E-state index in [4.69, 9.17) is 14.2 Å². The summed E-state index contributed by atoms with van der Waals surface area (Å²) in [5, 5.41) is 0. The van der Waals surface area contributed by atoms with Gasteiger partial charge in [0.05, 0.1) is 25.9 Å². The summed E-state index contributed by atoms with van der Waals surface area (Å²) in [6.07, 6.45) is -4.89. The molecule has 0 N–H and O–H groups in total. The van der Waals surface area contributed by atoms with Gasteiger partial charge in [-0.1, -0.05) is 24.3 Å². The molecule has 1 unspecified atom stereocenters. The van der Waals surface area contributed by atoms with Crippen molar-refractivity contribution >= 4 is 0 Å². The molecule has 1 aliphatic heterocycles. The number of benzene rings is 2. The number of hydrogen-bond acceptors (Lipinski definition) is 4. The molecule has 1 aliphatic rings. The summed E-state index contributed by atoms with van der Waals surface area (Å²) < 4.78 is 55.4. The van der Waals surface area contributed by atoms with Crippen LogP contribution in [0.25, 0.3) is 0 Å². The lowest BCUT2D eigenvalue weighted by molar-refractivity contribution is -0.137. The van der Waals surface area contributed by atoms with Crippen LogP contribution < -0.4 is 9.47 Å². The summed E-state index contributed by atoms with van der Waals surface area (Å²) in [4.78, 5) is 2.04. The number of morpholine rings is 1. The summed E-state index contributed by atoms with van der Waals surface area (Å²) in [6.45, 7) is 2.35. The fourth-order valence-corrected chi connectivity index (χ4v) is 2.84. The summed E-state index contributed by atoms with van der Waals surface area (Å²) in [6, 6.07) is 12.3. The lowest BCUT2D eigenvalue weighted by Gasteiger charge is -2.35. The van der Waals surface area contributed by atoms with Crippen molar-refractivity contribution in [1.82, 2.24) is 4.90 Å². The van der Waals surface area contributed by atoms with E-state index in [0.717, 1.165) is 12.1 Å². The van der Waals surface area contributed by atoms with E-state index in [-0.39, 0.29) is 0 Å². The van der Waals surface area contributed by atoms with Crippen LogP contribution in [0.15, 0.2) is 48.5 Å². The Morgan fingerprint density at radius 1 is 0.962 bits per heavy atom. The van der Waals surface area contributed by atoms with Crippen LogP contribution in [0.3, 0.4) is 0 Å². The average Bonchev–Trinajstić information content (AvgIpc) is 2.66. The zero-order valence-electron chi connectivity index (χ0n) is 14.3. The molecule has 2 aromatic carbocycles. The zero-order chi connectivity index (χ0) is 18.6. The minimum atomic E-state index is -4.36. The van der Waals surface area contributed by atoms with E-state index in [1.807, 2.05) is 17.0 Å². The Hall–Kier alpha value is -2.25. The second kappa shape index (κ2) is 7.97. The number of hydrogen-bond donors (Lipinski definition) is 0. The van der Waals surface area contributed by atoms with Crippen LogP contribution in [0.2, 0.25) is 0 Å². The molecule has 4 nitrogen and oxygen atoms in total. The standard InChI is InChI=1S/C19H20F3NO3/c1-24-16-4-2-3-5-17(16)26-18(23-10-12-25-13-11-23)14-6-8-15(9-7-14)19(20,21)22/h2-9,18H,10-13H2,1H3. The molecule has 1 atom stereocenters. The van der Waals surface area contributed by atoms with Gasteiger partial charge in [0.25, 0.3) is 0 Å². The Balaban J connectivity index is 1.90. The van der Waals surface area contributed by atoms with E-state index < -0.39 is 18.0 Å². The van der Waals surface area contributed by atoms with Crippen molar-refractivity contribution < 1.29 is 27.4 Å². The summed E-state index contributed by atoms with van der Waals surface area (Å²) >= 11 is 0. The van der Waals surface area contributed by atoms with Gasteiger partial charge in [0.2, 0.25) is 0 Å². The molecule has 1 heterocycles. The molecule has 1 saturated heterocycles. The van der Waals surface area contributed by atoms with Gasteiger partial charge < -0.3 is 14.2 Å². The molecular weight excluding hydrogens is 347 g/mol. The predicted molar refractivity (Wildman–Crippen MR) is 90.2 cm³/mol. The van der Waals surface area contributed by atoms with Gasteiger partial charge in [-0.3, -0.25) is 4.90 Å². The number of halogens is 3. The molecule has 0 spiro atoms. The molecule has 140 valence electrons. The van der Waals surface area contributed by atoms with Gasteiger partial charge in [-0.05, 0) is 24.3 Å². The van der Waals surface area contributed by atoms with Gasteiger partial charge in [-0.2, -0.15) is 13.2 Å².